The van der Waals surface area contributed by atoms with Crippen molar-refractivity contribution in [3.63, 3.8) is 0 Å². The summed E-state index contributed by atoms with van der Waals surface area (Å²) in [6.45, 7) is 0. The van der Waals surface area contributed by atoms with Crippen LogP contribution in [0.15, 0.2) is 12.3 Å². The minimum atomic E-state index is -0.273. The molecule has 5 nitrogen and oxygen atoms in total. The molecule has 0 saturated heterocycles. The summed E-state index contributed by atoms with van der Waals surface area (Å²) in [5.74, 6) is -0.514. The fourth-order valence-corrected chi connectivity index (χ4v) is 2.93. The van der Waals surface area contributed by atoms with E-state index in [1.165, 1.54) is 19.4 Å². The number of carbonyl (C=O) groups is 2. The molecule has 1 aliphatic rings. The Kier molecular flexibility index (Phi) is 5.42. The SMILES string of the molecule is COC(=O)C1CCC(NC(=O)c2cnc(Cl)cc2Cl)CC1. The molecule has 1 aromatic rings. The summed E-state index contributed by atoms with van der Waals surface area (Å²) in [5, 5.41) is 3.43. The third kappa shape index (κ3) is 4.08. The van der Waals surface area contributed by atoms with Crippen molar-refractivity contribution >= 4 is 35.1 Å². The molecule has 1 saturated carbocycles. The molecule has 0 radical (unpaired) electrons. The van der Waals surface area contributed by atoms with Gasteiger partial charge in [0.2, 0.25) is 0 Å². The lowest BCUT2D eigenvalue weighted by molar-refractivity contribution is -0.146. The number of esters is 1. The van der Waals surface area contributed by atoms with Gasteiger partial charge in [-0.3, -0.25) is 9.59 Å². The fraction of sp³-hybridized carbons (Fsp3) is 0.500. The molecule has 0 spiro atoms. The molecule has 1 aliphatic carbocycles. The van der Waals surface area contributed by atoms with Crippen LogP contribution in [0.4, 0.5) is 0 Å². The van der Waals surface area contributed by atoms with E-state index < -0.39 is 0 Å². The fourth-order valence-electron chi connectivity index (χ4n) is 2.48. The lowest BCUT2D eigenvalue weighted by atomic mass is 9.86. The van der Waals surface area contributed by atoms with Crippen LogP contribution < -0.4 is 5.32 Å². The summed E-state index contributed by atoms with van der Waals surface area (Å²) in [6.07, 6.45) is 4.27. The highest BCUT2D eigenvalue weighted by molar-refractivity contribution is 6.36. The van der Waals surface area contributed by atoms with Crippen LogP contribution in [0.5, 0.6) is 0 Å². The van der Waals surface area contributed by atoms with E-state index in [9.17, 15) is 9.59 Å². The number of hydrogen-bond acceptors (Lipinski definition) is 4. The maximum absolute atomic E-state index is 12.1. The van der Waals surface area contributed by atoms with E-state index in [-0.39, 0.29) is 34.0 Å². The number of halogens is 2. The Bertz CT molecular complexity index is 543. The highest BCUT2D eigenvalue weighted by Crippen LogP contribution is 2.26. The van der Waals surface area contributed by atoms with Crippen molar-refractivity contribution in [1.29, 1.82) is 0 Å². The summed E-state index contributed by atoms with van der Waals surface area (Å²) in [4.78, 5) is 27.5. The van der Waals surface area contributed by atoms with Gasteiger partial charge in [0.25, 0.3) is 5.91 Å². The Hall–Kier alpha value is -1.33. The Balaban J connectivity index is 1.91. The first-order valence-electron chi connectivity index (χ1n) is 6.71. The first-order valence-corrected chi connectivity index (χ1v) is 7.46. The predicted molar refractivity (Wildman–Crippen MR) is 79.5 cm³/mol. The molecule has 1 aromatic heterocycles. The standard InChI is InChI=1S/C14H16Cl2N2O3/c1-21-14(20)8-2-4-9(5-3-8)18-13(19)10-7-17-12(16)6-11(10)15/h6-9H,2-5H2,1H3,(H,18,19). The Morgan fingerprint density at radius 1 is 1.29 bits per heavy atom. The van der Waals surface area contributed by atoms with Gasteiger partial charge < -0.3 is 10.1 Å². The second-order valence-corrected chi connectivity index (χ2v) is 5.83. The average molecular weight is 331 g/mol. The van der Waals surface area contributed by atoms with E-state index in [2.05, 4.69) is 10.3 Å². The lowest BCUT2D eigenvalue weighted by Gasteiger charge is -2.27. The van der Waals surface area contributed by atoms with Crippen molar-refractivity contribution in [2.45, 2.75) is 31.7 Å². The molecule has 0 bridgehead atoms. The molecule has 0 aromatic carbocycles. The van der Waals surface area contributed by atoms with Crippen molar-refractivity contribution in [3.8, 4) is 0 Å². The van der Waals surface area contributed by atoms with E-state index in [1.54, 1.807) is 0 Å². The number of aromatic nitrogens is 1. The quantitative estimate of drug-likeness (QED) is 0.683. The van der Waals surface area contributed by atoms with Gasteiger partial charge in [-0.1, -0.05) is 23.2 Å². The Morgan fingerprint density at radius 3 is 2.52 bits per heavy atom. The molecular weight excluding hydrogens is 315 g/mol. The van der Waals surface area contributed by atoms with Crippen molar-refractivity contribution < 1.29 is 14.3 Å². The number of rotatable bonds is 3. The van der Waals surface area contributed by atoms with Gasteiger partial charge >= 0.3 is 5.97 Å². The molecular formula is C14H16Cl2N2O3. The molecule has 1 N–H and O–H groups in total. The molecule has 21 heavy (non-hydrogen) atoms. The predicted octanol–water partition coefficient (Wildman–Crippen LogP) is 2.85. The molecule has 114 valence electrons. The smallest absolute Gasteiger partial charge is 0.308 e. The molecule has 0 atom stereocenters. The van der Waals surface area contributed by atoms with Gasteiger partial charge in [-0.05, 0) is 31.7 Å². The van der Waals surface area contributed by atoms with Crippen LogP contribution in [0.1, 0.15) is 36.0 Å². The van der Waals surface area contributed by atoms with Gasteiger partial charge in [0.15, 0.2) is 0 Å². The summed E-state index contributed by atoms with van der Waals surface area (Å²) in [7, 11) is 1.39. The molecule has 0 aliphatic heterocycles. The second kappa shape index (κ2) is 7.09. The minimum absolute atomic E-state index is 0.0325. The average Bonchev–Trinajstić information content (AvgIpc) is 2.47. The van der Waals surface area contributed by atoms with Crippen LogP contribution in [0.25, 0.3) is 0 Å². The van der Waals surface area contributed by atoms with Gasteiger partial charge in [-0.25, -0.2) is 4.98 Å². The molecule has 1 heterocycles. The normalized spacial score (nSPS) is 21.7. The van der Waals surface area contributed by atoms with Crippen LogP contribution in [0.3, 0.4) is 0 Å². The van der Waals surface area contributed by atoms with Crippen LogP contribution >= 0.6 is 23.2 Å². The highest BCUT2D eigenvalue weighted by Gasteiger charge is 2.28. The van der Waals surface area contributed by atoms with Crippen molar-refractivity contribution in [3.05, 3.63) is 28.0 Å². The van der Waals surface area contributed by atoms with Gasteiger partial charge in [0, 0.05) is 12.2 Å². The number of methoxy groups -OCH3 is 1. The third-order valence-corrected chi connectivity index (χ3v) is 4.18. The van der Waals surface area contributed by atoms with Crippen molar-refractivity contribution in [2.24, 2.45) is 5.92 Å². The number of nitrogens with zero attached hydrogens (tertiary/aromatic N) is 1. The van der Waals surface area contributed by atoms with Gasteiger partial charge in [-0.2, -0.15) is 0 Å². The van der Waals surface area contributed by atoms with E-state index >= 15 is 0 Å². The zero-order chi connectivity index (χ0) is 15.4. The second-order valence-electron chi connectivity index (χ2n) is 5.03. The van der Waals surface area contributed by atoms with Gasteiger partial charge in [0.1, 0.15) is 5.15 Å². The van der Waals surface area contributed by atoms with E-state index in [4.69, 9.17) is 27.9 Å². The summed E-state index contributed by atoms with van der Waals surface area (Å²) in [5.41, 5.74) is 0.302. The number of amides is 1. The third-order valence-electron chi connectivity index (χ3n) is 3.66. The van der Waals surface area contributed by atoms with E-state index in [0.29, 0.717) is 18.4 Å². The van der Waals surface area contributed by atoms with Crippen LogP contribution in [-0.2, 0) is 9.53 Å². The van der Waals surface area contributed by atoms with Gasteiger partial charge in [0.05, 0.1) is 23.6 Å². The molecule has 1 amide bonds. The Morgan fingerprint density at radius 2 is 1.95 bits per heavy atom. The Labute approximate surface area is 133 Å². The van der Waals surface area contributed by atoms with Crippen LogP contribution in [0, 0.1) is 5.92 Å². The zero-order valence-electron chi connectivity index (χ0n) is 11.6. The van der Waals surface area contributed by atoms with Crippen LogP contribution in [0.2, 0.25) is 10.2 Å². The molecule has 7 heteroatoms. The van der Waals surface area contributed by atoms with E-state index in [0.717, 1.165) is 12.8 Å². The number of pyridine rings is 1. The largest absolute Gasteiger partial charge is 0.469 e. The number of hydrogen-bond donors (Lipinski definition) is 1. The zero-order valence-corrected chi connectivity index (χ0v) is 13.1. The summed E-state index contributed by atoms with van der Waals surface area (Å²) < 4.78 is 4.74. The monoisotopic (exact) mass is 330 g/mol. The first-order chi connectivity index (χ1) is 10.0. The van der Waals surface area contributed by atoms with Gasteiger partial charge in [-0.15, -0.1) is 0 Å². The summed E-state index contributed by atoms with van der Waals surface area (Å²) in [6, 6.07) is 1.47. The topological polar surface area (TPSA) is 68.3 Å². The lowest BCUT2D eigenvalue weighted by Crippen LogP contribution is -2.39. The van der Waals surface area contributed by atoms with E-state index in [1.807, 2.05) is 0 Å². The summed E-state index contributed by atoms with van der Waals surface area (Å²) >= 11 is 11.7. The molecule has 0 unspecified atom stereocenters. The maximum Gasteiger partial charge on any atom is 0.308 e. The highest BCUT2D eigenvalue weighted by atomic mass is 35.5. The number of carbonyl (C=O) groups excluding carboxylic acids is 2. The van der Waals surface area contributed by atoms with Crippen LogP contribution in [-0.4, -0.2) is 30.0 Å². The number of ether oxygens (including phenoxy) is 1. The van der Waals surface area contributed by atoms with Crippen molar-refractivity contribution in [1.82, 2.24) is 10.3 Å². The molecule has 2 rings (SSSR count). The number of nitrogens with one attached hydrogen (secondary N) is 1. The first kappa shape index (κ1) is 16.0. The van der Waals surface area contributed by atoms with Crippen molar-refractivity contribution in [2.75, 3.05) is 7.11 Å². The maximum atomic E-state index is 12.1. The minimum Gasteiger partial charge on any atom is -0.469 e. The molecule has 1 fully saturated rings.